The lowest BCUT2D eigenvalue weighted by atomic mass is 9.92. The zero-order valence-electron chi connectivity index (χ0n) is 35.7. The van der Waals surface area contributed by atoms with Gasteiger partial charge in [-0.05, 0) is 105 Å². The molecule has 5 N–H and O–H groups in total. The number of amides is 4. The average Bonchev–Trinajstić information content (AvgIpc) is 4.09. The molecular weight excluding hydrogens is 793 g/mol. The minimum Gasteiger partial charge on any atom is -0.488 e. The summed E-state index contributed by atoms with van der Waals surface area (Å²) in [5.74, 6) is 1.37. The van der Waals surface area contributed by atoms with Crippen LogP contribution in [0.25, 0.3) is 44.2 Å². The van der Waals surface area contributed by atoms with Crippen molar-refractivity contribution in [2.45, 2.75) is 109 Å². The van der Waals surface area contributed by atoms with Crippen molar-refractivity contribution in [2.24, 2.45) is 11.8 Å². The van der Waals surface area contributed by atoms with Crippen molar-refractivity contribution >= 4 is 45.8 Å². The molecule has 0 spiro atoms. The topological polar surface area (TPSA) is 204 Å². The van der Waals surface area contributed by atoms with Crippen LogP contribution >= 0.6 is 0 Å². The number of methoxy groups -OCH3 is 1. The van der Waals surface area contributed by atoms with E-state index < -0.39 is 24.3 Å². The van der Waals surface area contributed by atoms with Gasteiger partial charge in [-0.2, -0.15) is 0 Å². The van der Waals surface area contributed by atoms with Crippen LogP contribution in [0.4, 0.5) is 9.59 Å². The molecule has 0 unspecified atom stereocenters. The van der Waals surface area contributed by atoms with Gasteiger partial charge in [-0.15, -0.1) is 0 Å². The first kappa shape index (κ1) is 41.2. The van der Waals surface area contributed by atoms with E-state index in [1.807, 2.05) is 49.8 Å². The van der Waals surface area contributed by atoms with Crippen molar-refractivity contribution in [3.63, 3.8) is 0 Å². The molecule has 326 valence electrons. The lowest BCUT2D eigenvalue weighted by molar-refractivity contribution is -0.139. The minimum absolute atomic E-state index is 0.0213. The molecule has 4 amide bonds. The van der Waals surface area contributed by atoms with E-state index >= 15 is 0 Å². The van der Waals surface area contributed by atoms with Gasteiger partial charge in [0.15, 0.2) is 0 Å². The Morgan fingerprint density at radius 2 is 1.65 bits per heavy atom. The summed E-state index contributed by atoms with van der Waals surface area (Å²) < 4.78 is 16.9. The van der Waals surface area contributed by atoms with Crippen molar-refractivity contribution in [3.05, 3.63) is 65.9 Å². The molecular formula is C46H54N8O8. The third kappa shape index (κ3) is 7.47. The molecule has 62 heavy (non-hydrogen) atoms. The quantitative estimate of drug-likeness (QED) is 0.101. The van der Waals surface area contributed by atoms with Crippen LogP contribution in [-0.2, 0) is 25.7 Å². The standard InChI is InChI=1S/C46H54N8O8/c1-23(2)38(52-46(59)60-5)43(55)53-24(3)8-14-35(53)41-47-20-34(49-41)27-10-12-30-29(17-27)22-62-37-19-31-26(18-32(30)37)11-13-33-40(31)50-42(48-33)36-15-9-25(4)54(36)44(56)39(51-45(57)58)28-7-6-16-61-21-28/h10-13,17-20,23-25,28,35-36,38-39,51H,6-9,14-16,21-22H2,1-5H3,(H,47,49)(H,48,50)(H,52,59)(H,57,58)/t24-,25-,28-,35-,36-,38-,39-/m0/s1. The van der Waals surface area contributed by atoms with Crippen LogP contribution in [0.3, 0.4) is 0 Å². The van der Waals surface area contributed by atoms with Crippen molar-refractivity contribution < 1.29 is 38.5 Å². The summed E-state index contributed by atoms with van der Waals surface area (Å²) in [6.07, 6.45) is 4.49. The monoisotopic (exact) mass is 846 g/mol. The first-order valence-corrected chi connectivity index (χ1v) is 21.7. The number of nitrogens with one attached hydrogen (secondary N) is 4. The van der Waals surface area contributed by atoms with E-state index in [0.717, 1.165) is 81.2 Å². The van der Waals surface area contributed by atoms with E-state index in [1.165, 1.54) is 7.11 Å². The molecule has 3 saturated heterocycles. The van der Waals surface area contributed by atoms with E-state index in [-0.39, 0.29) is 47.8 Å². The second kappa shape index (κ2) is 16.6. The maximum Gasteiger partial charge on any atom is 0.407 e. The number of likely N-dealkylation sites (tertiary alicyclic amines) is 2. The number of aromatic amines is 2. The first-order chi connectivity index (χ1) is 29.9. The van der Waals surface area contributed by atoms with Gasteiger partial charge in [0, 0.05) is 35.6 Å². The summed E-state index contributed by atoms with van der Waals surface area (Å²) in [5, 5.41) is 16.9. The number of carboxylic acid groups (broad SMARTS) is 1. The van der Waals surface area contributed by atoms with E-state index in [1.54, 1.807) is 0 Å². The largest absolute Gasteiger partial charge is 0.488 e. The number of rotatable bonds is 9. The highest BCUT2D eigenvalue weighted by Crippen LogP contribution is 2.44. The van der Waals surface area contributed by atoms with Gasteiger partial charge < -0.3 is 49.7 Å². The number of fused-ring (bicyclic) bond motifs is 6. The molecule has 4 aliphatic rings. The van der Waals surface area contributed by atoms with Gasteiger partial charge >= 0.3 is 12.2 Å². The Hall–Kier alpha value is -6.16. The Bertz CT molecular complexity index is 2540. The van der Waals surface area contributed by atoms with E-state index in [2.05, 4.69) is 57.0 Å². The fourth-order valence-corrected chi connectivity index (χ4v) is 10.1. The Kier molecular flexibility index (Phi) is 11.0. The van der Waals surface area contributed by atoms with E-state index in [4.69, 9.17) is 24.2 Å². The fourth-order valence-electron chi connectivity index (χ4n) is 10.1. The summed E-state index contributed by atoms with van der Waals surface area (Å²) >= 11 is 0. The number of carbonyl (C=O) groups is 4. The molecule has 7 atom stereocenters. The average molecular weight is 847 g/mol. The zero-order chi connectivity index (χ0) is 43.4. The third-order valence-electron chi connectivity index (χ3n) is 13.4. The highest BCUT2D eigenvalue weighted by molar-refractivity contribution is 6.07. The zero-order valence-corrected chi connectivity index (χ0v) is 35.7. The lowest BCUT2D eigenvalue weighted by Crippen LogP contribution is -2.54. The van der Waals surface area contributed by atoms with Crippen molar-refractivity contribution in [1.82, 2.24) is 40.4 Å². The summed E-state index contributed by atoms with van der Waals surface area (Å²) in [6.45, 7) is 9.16. The number of hydrogen-bond donors (Lipinski definition) is 5. The highest BCUT2D eigenvalue weighted by atomic mass is 16.5. The number of nitrogens with zero attached hydrogens (tertiary/aromatic N) is 4. The molecule has 0 radical (unpaired) electrons. The summed E-state index contributed by atoms with van der Waals surface area (Å²) in [7, 11) is 1.29. The second-order valence-corrected chi connectivity index (χ2v) is 17.6. The molecule has 5 aromatic rings. The van der Waals surface area contributed by atoms with Crippen LogP contribution in [0.15, 0.2) is 48.7 Å². The Morgan fingerprint density at radius 3 is 2.35 bits per heavy atom. The number of imidazole rings is 2. The number of benzene rings is 3. The van der Waals surface area contributed by atoms with Crippen LogP contribution in [0.2, 0.25) is 0 Å². The van der Waals surface area contributed by atoms with Gasteiger partial charge in [0.2, 0.25) is 11.8 Å². The van der Waals surface area contributed by atoms with Crippen LogP contribution in [0.5, 0.6) is 5.75 Å². The van der Waals surface area contributed by atoms with Crippen LogP contribution in [-0.4, -0.2) is 103 Å². The molecule has 3 aromatic carbocycles. The number of hydrogen-bond acceptors (Lipinski definition) is 9. The molecule has 16 nitrogen and oxygen atoms in total. The second-order valence-electron chi connectivity index (χ2n) is 17.6. The maximum absolute atomic E-state index is 14.2. The van der Waals surface area contributed by atoms with Gasteiger partial charge in [0.05, 0.1) is 48.7 Å². The Labute approximate surface area is 359 Å². The predicted octanol–water partition coefficient (Wildman–Crippen LogP) is 7.21. The first-order valence-electron chi connectivity index (χ1n) is 21.7. The predicted molar refractivity (Wildman–Crippen MR) is 230 cm³/mol. The van der Waals surface area contributed by atoms with Crippen molar-refractivity contribution in [3.8, 4) is 28.1 Å². The van der Waals surface area contributed by atoms with Crippen LogP contribution in [0.1, 0.15) is 95.5 Å². The van der Waals surface area contributed by atoms with E-state index in [9.17, 15) is 24.3 Å². The molecule has 4 aliphatic heterocycles. The van der Waals surface area contributed by atoms with Gasteiger partial charge in [0.1, 0.15) is 36.1 Å². The maximum atomic E-state index is 14.2. The smallest absolute Gasteiger partial charge is 0.407 e. The van der Waals surface area contributed by atoms with Gasteiger partial charge in [-0.1, -0.05) is 32.0 Å². The molecule has 16 heteroatoms. The summed E-state index contributed by atoms with van der Waals surface area (Å²) in [4.78, 5) is 72.5. The fraction of sp³-hybridized carbons (Fsp3) is 0.478. The number of alkyl carbamates (subject to hydrolysis) is 1. The Balaban J connectivity index is 0.965. The molecule has 9 rings (SSSR count). The molecule has 6 heterocycles. The normalized spacial score (nSPS) is 23.2. The van der Waals surface area contributed by atoms with Gasteiger partial charge in [-0.25, -0.2) is 19.6 Å². The number of aromatic nitrogens is 4. The van der Waals surface area contributed by atoms with E-state index in [0.29, 0.717) is 44.3 Å². The third-order valence-corrected chi connectivity index (χ3v) is 13.4. The van der Waals surface area contributed by atoms with Crippen molar-refractivity contribution in [2.75, 3.05) is 20.3 Å². The number of carbonyl (C=O) groups excluding carboxylic acids is 3. The molecule has 3 fully saturated rings. The van der Waals surface area contributed by atoms with Gasteiger partial charge in [-0.3, -0.25) is 9.59 Å². The number of ether oxygens (including phenoxy) is 3. The van der Waals surface area contributed by atoms with Crippen molar-refractivity contribution in [1.29, 1.82) is 0 Å². The summed E-state index contributed by atoms with van der Waals surface area (Å²) in [5.41, 5.74) is 6.49. The highest BCUT2D eigenvalue weighted by Gasteiger charge is 2.44. The number of H-pyrrole nitrogens is 2. The van der Waals surface area contributed by atoms with Crippen LogP contribution < -0.4 is 15.4 Å². The summed E-state index contributed by atoms with van der Waals surface area (Å²) in [6, 6.07) is 12.2. The van der Waals surface area contributed by atoms with Gasteiger partial charge in [0.25, 0.3) is 0 Å². The SMILES string of the molecule is COC(=O)N[C@H](C(=O)N1[C@@H](C)CC[C@H]1c1ncc(-c2ccc3c(c2)COc2cc4c(ccc5nc([C@@H]6CC[C@H](C)N6C(=O)[C@@H](NC(=O)O)[C@H]6CCCOC6)[nH]c54)cc2-3)[nH]1)C(C)C. The molecule has 2 aromatic heterocycles. The molecule has 0 saturated carbocycles. The molecule has 0 aliphatic carbocycles. The minimum atomic E-state index is -1.22. The lowest BCUT2D eigenvalue weighted by Gasteiger charge is -2.35. The van der Waals surface area contributed by atoms with Crippen LogP contribution in [0, 0.1) is 11.8 Å². The Morgan fingerprint density at radius 1 is 0.887 bits per heavy atom. The molecule has 0 bridgehead atoms.